The van der Waals surface area contributed by atoms with Crippen molar-refractivity contribution in [3.8, 4) is 0 Å². The van der Waals surface area contributed by atoms with Crippen LogP contribution in [0.1, 0.15) is 23.7 Å². The highest BCUT2D eigenvalue weighted by Gasteiger charge is 2.61. The fraction of sp³-hybridized carbons (Fsp3) is 0.400. The molecule has 1 N–H and O–H groups in total. The smallest absolute Gasteiger partial charge is 0.219 e. The molecule has 2 unspecified atom stereocenters. The molecule has 2 aromatic rings. The van der Waals surface area contributed by atoms with Crippen LogP contribution in [0.25, 0.3) is 0 Å². The minimum Gasteiger partial charge on any atom is -0.362 e. The van der Waals surface area contributed by atoms with Gasteiger partial charge in [-0.25, -0.2) is 0 Å². The van der Waals surface area contributed by atoms with Gasteiger partial charge < -0.3 is 28.8 Å². The molecule has 3 fully saturated rings. The summed E-state index contributed by atoms with van der Waals surface area (Å²) in [5.41, 5.74) is 1.82. The Morgan fingerprint density at radius 2 is 1.42 bits per heavy atom. The van der Waals surface area contributed by atoms with Crippen LogP contribution in [0.5, 0.6) is 0 Å². The zero-order valence-electron chi connectivity index (χ0n) is 14.1. The fourth-order valence-corrected chi connectivity index (χ4v) is 3.74. The summed E-state index contributed by atoms with van der Waals surface area (Å²) in [7, 11) is 0. The third-order valence-corrected chi connectivity index (χ3v) is 5.01. The Morgan fingerprint density at radius 1 is 0.808 bits per heavy atom. The van der Waals surface area contributed by atoms with Gasteiger partial charge in [0.1, 0.15) is 24.9 Å². The lowest BCUT2D eigenvalue weighted by molar-refractivity contribution is -0.351. The van der Waals surface area contributed by atoms with Crippen LogP contribution in [0, 0.1) is 0 Å². The summed E-state index contributed by atoms with van der Waals surface area (Å²) >= 11 is 0. The molecule has 5 rings (SSSR count). The maximum atomic E-state index is 10.9. The molecule has 3 heterocycles. The average Bonchev–Trinajstić information content (AvgIpc) is 3.00. The number of hydrogen-bond acceptors (Lipinski definition) is 6. The Balaban J connectivity index is 1.38. The van der Waals surface area contributed by atoms with Crippen LogP contribution in [0.2, 0.25) is 0 Å². The van der Waals surface area contributed by atoms with Gasteiger partial charge in [-0.3, -0.25) is 0 Å². The Labute approximate surface area is 151 Å². The van der Waals surface area contributed by atoms with Crippen molar-refractivity contribution in [1.82, 2.24) is 0 Å². The van der Waals surface area contributed by atoms with Crippen molar-refractivity contribution >= 4 is 0 Å². The van der Waals surface area contributed by atoms with Crippen LogP contribution in [-0.2, 0) is 23.7 Å². The molecule has 136 valence electrons. The van der Waals surface area contributed by atoms with Crippen molar-refractivity contribution in [1.29, 1.82) is 0 Å². The summed E-state index contributed by atoms with van der Waals surface area (Å²) in [6.07, 6.45) is -2.56. The van der Waals surface area contributed by atoms with Crippen molar-refractivity contribution in [2.24, 2.45) is 0 Å². The van der Waals surface area contributed by atoms with Gasteiger partial charge in [0.05, 0.1) is 6.61 Å². The normalized spacial score (nSPS) is 39.2. The fourth-order valence-electron chi connectivity index (χ4n) is 3.74. The summed E-state index contributed by atoms with van der Waals surface area (Å²) < 4.78 is 29.5. The van der Waals surface area contributed by atoms with E-state index in [9.17, 15) is 5.11 Å². The number of hydrogen-bond donors (Lipinski definition) is 1. The van der Waals surface area contributed by atoms with Gasteiger partial charge in [-0.1, -0.05) is 60.7 Å². The van der Waals surface area contributed by atoms with Crippen LogP contribution in [0.3, 0.4) is 0 Å². The number of benzene rings is 2. The van der Waals surface area contributed by atoms with E-state index in [1.165, 1.54) is 0 Å². The second-order valence-corrected chi connectivity index (χ2v) is 6.79. The molecular formula is C20H20O6. The number of fused-ring (bicyclic) bond motifs is 3. The van der Waals surface area contributed by atoms with Gasteiger partial charge in [-0.2, -0.15) is 0 Å². The lowest BCUT2D eigenvalue weighted by atomic mass is 10.0. The Hall–Kier alpha value is -1.80. The van der Waals surface area contributed by atoms with Gasteiger partial charge in [-0.15, -0.1) is 0 Å². The molecule has 0 spiro atoms. The molecule has 0 radical (unpaired) electrons. The van der Waals surface area contributed by atoms with Crippen LogP contribution >= 0.6 is 0 Å². The zero-order valence-corrected chi connectivity index (χ0v) is 14.1. The summed E-state index contributed by atoms with van der Waals surface area (Å²) in [6, 6.07) is 19.4. The molecule has 6 nitrogen and oxygen atoms in total. The quantitative estimate of drug-likeness (QED) is 0.891. The largest absolute Gasteiger partial charge is 0.362 e. The van der Waals surface area contributed by atoms with Gasteiger partial charge in [-0.05, 0) is 0 Å². The summed E-state index contributed by atoms with van der Waals surface area (Å²) in [5, 5.41) is 10.9. The van der Waals surface area contributed by atoms with Gasteiger partial charge in [0.2, 0.25) is 5.79 Å². The molecular weight excluding hydrogens is 336 g/mol. The minimum absolute atomic E-state index is 0.0175. The highest BCUT2D eigenvalue weighted by molar-refractivity contribution is 5.18. The predicted molar refractivity (Wildman–Crippen MR) is 89.8 cm³/mol. The summed E-state index contributed by atoms with van der Waals surface area (Å²) in [4.78, 5) is 0. The minimum atomic E-state index is -1.53. The molecule has 0 bridgehead atoms. The Morgan fingerprint density at radius 3 is 2.08 bits per heavy atom. The Bertz CT molecular complexity index is 753. The van der Waals surface area contributed by atoms with Gasteiger partial charge in [0.25, 0.3) is 0 Å². The highest BCUT2D eigenvalue weighted by atomic mass is 16.8. The van der Waals surface area contributed by atoms with E-state index in [1.54, 1.807) is 0 Å². The first-order valence-electron chi connectivity index (χ1n) is 8.77. The molecule has 2 aromatic carbocycles. The highest BCUT2D eigenvalue weighted by Crippen LogP contribution is 2.45. The molecule has 0 aromatic heterocycles. The topological polar surface area (TPSA) is 66.4 Å². The standard InChI is InChI=1S/C20H20O6/c21-20-12-23-19(14-9-5-2-6-10-14)25-17(20)16-15(26-20)11-22-18(24-16)13-7-3-1-4-8-13/h1-10,15-19,21H,11-12H2/t15-,16+,17-,18?,19?,20+/m1/s1. The first-order valence-corrected chi connectivity index (χ1v) is 8.77. The van der Waals surface area contributed by atoms with Crippen molar-refractivity contribution in [2.75, 3.05) is 13.2 Å². The molecule has 6 heteroatoms. The SMILES string of the molecule is O[C@]12COC(c3ccccc3)O[C@@H]1[C@H]1OC(c3ccccc3)OC[C@H]1O2. The van der Waals surface area contributed by atoms with E-state index in [-0.39, 0.29) is 6.61 Å². The number of ether oxygens (including phenoxy) is 5. The van der Waals surface area contributed by atoms with Crippen LogP contribution in [0.4, 0.5) is 0 Å². The Kier molecular flexibility index (Phi) is 4.04. The van der Waals surface area contributed by atoms with E-state index in [0.29, 0.717) is 6.61 Å². The van der Waals surface area contributed by atoms with Gasteiger partial charge in [0.15, 0.2) is 12.6 Å². The third kappa shape index (κ3) is 2.75. The van der Waals surface area contributed by atoms with E-state index in [1.807, 2.05) is 60.7 Å². The number of rotatable bonds is 2. The van der Waals surface area contributed by atoms with Crippen LogP contribution < -0.4 is 0 Å². The van der Waals surface area contributed by atoms with Crippen molar-refractivity contribution < 1.29 is 28.8 Å². The average molecular weight is 356 g/mol. The first kappa shape index (κ1) is 16.4. The monoisotopic (exact) mass is 356 g/mol. The van der Waals surface area contributed by atoms with Crippen LogP contribution in [-0.4, -0.2) is 42.4 Å². The molecule has 6 atom stereocenters. The molecule has 0 amide bonds. The van der Waals surface area contributed by atoms with Crippen molar-refractivity contribution in [3.63, 3.8) is 0 Å². The molecule has 3 saturated heterocycles. The van der Waals surface area contributed by atoms with E-state index >= 15 is 0 Å². The predicted octanol–water partition coefficient (Wildman–Crippen LogP) is 2.30. The number of aliphatic hydroxyl groups is 1. The van der Waals surface area contributed by atoms with E-state index in [2.05, 4.69) is 0 Å². The van der Waals surface area contributed by atoms with Crippen molar-refractivity contribution in [2.45, 2.75) is 36.7 Å². The first-order chi connectivity index (χ1) is 12.7. The van der Waals surface area contributed by atoms with Gasteiger partial charge >= 0.3 is 0 Å². The molecule has 3 aliphatic heterocycles. The van der Waals surface area contributed by atoms with E-state index in [0.717, 1.165) is 11.1 Å². The summed E-state index contributed by atoms with van der Waals surface area (Å²) in [5.74, 6) is -1.53. The van der Waals surface area contributed by atoms with Crippen molar-refractivity contribution in [3.05, 3.63) is 71.8 Å². The molecule has 0 saturated carbocycles. The second-order valence-electron chi connectivity index (χ2n) is 6.79. The van der Waals surface area contributed by atoms with E-state index in [4.69, 9.17) is 23.7 Å². The molecule has 26 heavy (non-hydrogen) atoms. The lowest BCUT2D eigenvalue weighted by Crippen LogP contribution is -2.54. The maximum Gasteiger partial charge on any atom is 0.219 e. The van der Waals surface area contributed by atoms with Gasteiger partial charge in [0, 0.05) is 11.1 Å². The maximum absolute atomic E-state index is 10.9. The van der Waals surface area contributed by atoms with Crippen LogP contribution in [0.15, 0.2) is 60.7 Å². The van der Waals surface area contributed by atoms with E-state index < -0.39 is 36.7 Å². The lowest BCUT2D eigenvalue weighted by Gasteiger charge is -2.39. The molecule has 0 aliphatic carbocycles. The second kappa shape index (κ2) is 6.42. The zero-order chi connectivity index (χ0) is 17.6. The molecule has 3 aliphatic rings. The summed E-state index contributed by atoms with van der Waals surface area (Å²) in [6.45, 7) is 0.339. The third-order valence-electron chi connectivity index (χ3n) is 5.01.